The van der Waals surface area contributed by atoms with Crippen LogP contribution in [0, 0.1) is 6.92 Å². The van der Waals surface area contributed by atoms with E-state index in [1.807, 2.05) is 31.2 Å². The average molecular weight is 358 g/mol. The van der Waals surface area contributed by atoms with E-state index in [-0.39, 0.29) is 11.1 Å². The summed E-state index contributed by atoms with van der Waals surface area (Å²) in [6, 6.07) is 12.2. The highest BCUT2D eigenvalue weighted by molar-refractivity contribution is 7.80. The van der Waals surface area contributed by atoms with Crippen molar-refractivity contribution in [1.82, 2.24) is 0 Å². The third kappa shape index (κ3) is 5.02. The topological polar surface area (TPSA) is 76.7 Å². The summed E-state index contributed by atoms with van der Waals surface area (Å²) in [6.07, 6.45) is 0. The van der Waals surface area contributed by atoms with Crippen LogP contribution in [0.3, 0.4) is 0 Å². The Labute approximate surface area is 151 Å². The number of benzene rings is 2. The van der Waals surface area contributed by atoms with Gasteiger partial charge in [0.1, 0.15) is 0 Å². The molecule has 0 bridgehead atoms. The predicted octanol–water partition coefficient (Wildman–Crippen LogP) is 3.38. The number of carbonyl (C=O) groups is 2. The van der Waals surface area contributed by atoms with Crippen molar-refractivity contribution < 1.29 is 19.1 Å². The molecule has 0 aliphatic rings. The van der Waals surface area contributed by atoms with E-state index in [0.29, 0.717) is 10.8 Å². The molecule has 0 aromatic heterocycles. The van der Waals surface area contributed by atoms with Gasteiger partial charge in [-0.2, -0.15) is 0 Å². The van der Waals surface area contributed by atoms with Crippen molar-refractivity contribution in [3.05, 3.63) is 59.2 Å². The summed E-state index contributed by atoms with van der Waals surface area (Å²) < 4.78 is 9.41. The van der Waals surface area contributed by atoms with E-state index in [1.165, 1.54) is 20.3 Å². The maximum absolute atomic E-state index is 11.8. The molecular formula is C18H18N2O4S. The molecule has 0 atom stereocenters. The molecule has 0 amide bonds. The number of hydrogen-bond donors (Lipinski definition) is 2. The Balaban J connectivity index is 2.21. The van der Waals surface area contributed by atoms with Crippen molar-refractivity contribution >= 4 is 40.6 Å². The normalized spacial score (nSPS) is 9.88. The minimum absolute atomic E-state index is 0.214. The molecule has 2 aromatic carbocycles. The van der Waals surface area contributed by atoms with Crippen LogP contribution >= 0.6 is 12.2 Å². The summed E-state index contributed by atoms with van der Waals surface area (Å²) in [5, 5.41) is 6.30. The molecule has 0 radical (unpaired) electrons. The van der Waals surface area contributed by atoms with Crippen LogP contribution in [0.2, 0.25) is 0 Å². The number of nitrogens with one attached hydrogen (secondary N) is 2. The molecule has 7 heteroatoms. The Bertz CT molecular complexity index is 769. The summed E-state index contributed by atoms with van der Waals surface area (Å²) >= 11 is 5.27. The predicted molar refractivity (Wildman–Crippen MR) is 100 cm³/mol. The molecule has 0 aliphatic heterocycles. The van der Waals surface area contributed by atoms with E-state index in [9.17, 15) is 9.59 Å². The van der Waals surface area contributed by atoms with Crippen molar-refractivity contribution in [2.24, 2.45) is 0 Å². The Hall–Kier alpha value is -2.93. The number of rotatable bonds is 4. The fraction of sp³-hybridized carbons (Fsp3) is 0.167. The van der Waals surface area contributed by atoms with Gasteiger partial charge >= 0.3 is 11.9 Å². The van der Waals surface area contributed by atoms with Crippen LogP contribution in [0.1, 0.15) is 26.3 Å². The Morgan fingerprint density at radius 1 is 0.840 bits per heavy atom. The number of carbonyl (C=O) groups excluding carboxylic acids is 2. The number of esters is 2. The van der Waals surface area contributed by atoms with E-state index in [2.05, 4.69) is 10.6 Å². The van der Waals surface area contributed by atoms with Gasteiger partial charge in [-0.3, -0.25) is 0 Å². The zero-order valence-electron chi connectivity index (χ0n) is 14.1. The minimum Gasteiger partial charge on any atom is -0.465 e. The van der Waals surface area contributed by atoms with Crippen molar-refractivity contribution in [1.29, 1.82) is 0 Å². The Morgan fingerprint density at radius 3 is 1.80 bits per heavy atom. The molecule has 0 heterocycles. The zero-order valence-corrected chi connectivity index (χ0v) is 14.9. The SMILES string of the molecule is COC(=O)c1cc(NC(=S)Nc2ccc(C)cc2)cc(C(=O)OC)c1. The largest absolute Gasteiger partial charge is 0.465 e. The first-order valence-electron chi connectivity index (χ1n) is 7.39. The summed E-state index contributed by atoms with van der Waals surface area (Å²) in [7, 11) is 2.54. The van der Waals surface area contributed by atoms with Gasteiger partial charge in [0.15, 0.2) is 5.11 Å². The molecule has 0 saturated heterocycles. The molecule has 25 heavy (non-hydrogen) atoms. The average Bonchev–Trinajstić information content (AvgIpc) is 2.61. The van der Waals surface area contributed by atoms with Crippen LogP contribution in [0.25, 0.3) is 0 Å². The number of hydrogen-bond acceptors (Lipinski definition) is 5. The molecule has 0 fully saturated rings. The zero-order chi connectivity index (χ0) is 18.4. The first-order chi connectivity index (χ1) is 11.9. The molecule has 6 nitrogen and oxygen atoms in total. The first kappa shape index (κ1) is 18.4. The van der Waals surface area contributed by atoms with Gasteiger partial charge < -0.3 is 20.1 Å². The second kappa shape index (κ2) is 8.25. The van der Waals surface area contributed by atoms with Crippen LogP contribution in [-0.4, -0.2) is 31.3 Å². The van der Waals surface area contributed by atoms with E-state index in [1.54, 1.807) is 12.1 Å². The lowest BCUT2D eigenvalue weighted by molar-refractivity contribution is 0.0599. The third-order valence-corrected chi connectivity index (χ3v) is 3.55. The number of methoxy groups -OCH3 is 2. The van der Waals surface area contributed by atoms with Crippen molar-refractivity contribution in [3.63, 3.8) is 0 Å². The molecule has 0 saturated carbocycles. The van der Waals surface area contributed by atoms with Crippen molar-refractivity contribution in [2.45, 2.75) is 6.92 Å². The minimum atomic E-state index is -0.564. The second-order valence-corrected chi connectivity index (χ2v) is 5.64. The van der Waals surface area contributed by atoms with Crippen LogP contribution in [-0.2, 0) is 9.47 Å². The van der Waals surface area contributed by atoms with Crippen molar-refractivity contribution in [2.75, 3.05) is 24.9 Å². The third-order valence-electron chi connectivity index (χ3n) is 3.34. The monoisotopic (exact) mass is 358 g/mol. The molecule has 130 valence electrons. The number of ether oxygens (including phenoxy) is 2. The first-order valence-corrected chi connectivity index (χ1v) is 7.80. The number of thiocarbonyl (C=S) groups is 1. The number of aryl methyl sites for hydroxylation is 1. The molecule has 2 N–H and O–H groups in total. The van der Waals surface area contributed by atoms with E-state index in [4.69, 9.17) is 21.7 Å². The standard InChI is InChI=1S/C18H18N2O4S/c1-11-4-6-14(7-5-11)19-18(25)20-15-9-12(16(21)23-2)8-13(10-15)17(22)24-3/h4-10H,1-3H3,(H2,19,20,25). The summed E-state index contributed by atoms with van der Waals surface area (Å²) in [5.41, 5.74) is 2.85. The molecule has 0 spiro atoms. The van der Waals surface area contributed by atoms with Gasteiger partial charge in [0.25, 0.3) is 0 Å². The lowest BCUT2D eigenvalue weighted by Crippen LogP contribution is -2.20. The fourth-order valence-corrected chi connectivity index (χ4v) is 2.34. The van der Waals surface area contributed by atoms with Crippen LogP contribution in [0.5, 0.6) is 0 Å². The van der Waals surface area contributed by atoms with Crippen LogP contribution in [0.15, 0.2) is 42.5 Å². The maximum atomic E-state index is 11.8. The molecule has 2 aromatic rings. The van der Waals surface area contributed by atoms with Crippen LogP contribution < -0.4 is 10.6 Å². The van der Waals surface area contributed by atoms with E-state index in [0.717, 1.165) is 11.3 Å². The lowest BCUT2D eigenvalue weighted by atomic mass is 10.1. The van der Waals surface area contributed by atoms with Crippen molar-refractivity contribution in [3.8, 4) is 0 Å². The Kier molecular flexibility index (Phi) is 6.08. The molecule has 0 aliphatic carbocycles. The lowest BCUT2D eigenvalue weighted by Gasteiger charge is -2.13. The second-order valence-electron chi connectivity index (χ2n) is 5.23. The highest BCUT2D eigenvalue weighted by atomic mass is 32.1. The van der Waals surface area contributed by atoms with Gasteiger partial charge in [-0.15, -0.1) is 0 Å². The van der Waals surface area contributed by atoms with Crippen LogP contribution in [0.4, 0.5) is 11.4 Å². The summed E-state index contributed by atoms with van der Waals surface area (Å²) in [5.74, 6) is -1.13. The van der Waals surface area contributed by atoms with Gasteiger partial charge in [-0.1, -0.05) is 17.7 Å². The molecule has 0 unspecified atom stereocenters. The van der Waals surface area contributed by atoms with Gasteiger partial charge in [-0.05, 0) is 49.5 Å². The molecular weight excluding hydrogens is 340 g/mol. The maximum Gasteiger partial charge on any atom is 0.337 e. The van der Waals surface area contributed by atoms with Gasteiger partial charge in [0.05, 0.1) is 25.3 Å². The quantitative estimate of drug-likeness (QED) is 0.641. The van der Waals surface area contributed by atoms with E-state index >= 15 is 0 Å². The summed E-state index contributed by atoms with van der Waals surface area (Å²) in [4.78, 5) is 23.6. The highest BCUT2D eigenvalue weighted by Crippen LogP contribution is 2.18. The fourth-order valence-electron chi connectivity index (χ4n) is 2.10. The molecule has 2 rings (SSSR count). The van der Waals surface area contributed by atoms with Gasteiger partial charge in [-0.25, -0.2) is 9.59 Å². The van der Waals surface area contributed by atoms with Gasteiger partial charge in [0.2, 0.25) is 0 Å². The summed E-state index contributed by atoms with van der Waals surface area (Å²) in [6.45, 7) is 1.99. The smallest absolute Gasteiger partial charge is 0.337 e. The van der Waals surface area contributed by atoms with Gasteiger partial charge in [0, 0.05) is 11.4 Å². The number of anilines is 2. The Morgan fingerprint density at radius 2 is 1.32 bits per heavy atom. The highest BCUT2D eigenvalue weighted by Gasteiger charge is 2.14. The van der Waals surface area contributed by atoms with E-state index < -0.39 is 11.9 Å².